The average molecular weight is 624 g/mol. The van der Waals surface area contributed by atoms with Gasteiger partial charge in [-0.05, 0) is 0 Å². The Morgan fingerprint density at radius 1 is 0.444 bits per heavy atom. The van der Waals surface area contributed by atoms with Crippen LogP contribution in [0.4, 0.5) is 0 Å². The Hall–Kier alpha value is -0.314. The van der Waals surface area contributed by atoms with E-state index in [1.807, 2.05) is 0 Å². The van der Waals surface area contributed by atoms with E-state index < -0.39 is 43.5 Å². The molecule has 1 heterocycles. The molecule has 0 unspecified atom stereocenters. The first-order valence-corrected chi connectivity index (χ1v) is 17.5. The normalized spacial score (nSPS) is 16.0. The second kappa shape index (κ2) is 6.22. The predicted octanol–water partition coefficient (Wildman–Crippen LogP) is 2.07. The first kappa shape index (κ1) is 12.7. The first-order chi connectivity index (χ1) is 8.93. The molecule has 18 heavy (non-hydrogen) atoms. The molecule has 0 saturated heterocycles. The van der Waals surface area contributed by atoms with Crippen LogP contribution >= 0.6 is 0 Å². The molecule has 1 aliphatic heterocycles. The topological polar surface area (TPSA) is 0 Å². The van der Waals surface area contributed by atoms with Crippen molar-refractivity contribution in [1.82, 2.24) is 0 Å². The van der Waals surface area contributed by atoms with Crippen LogP contribution in [-0.4, -0.2) is 43.5 Å². The van der Waals surface area contributed by atoms with Gasteiger partial charge in [0.1, 0.15) is 0 Å². The molecule has 0 radical (unpaired) electrons. The Kier molecular flexibility index (Phi) is 4.39. The molecule has 0 nitrogen and oxygen atoms in total. The van der Waals surface area contributed by atoms with Crippen molar-refractivity contribution in [1.29, 1.82) is 0 Å². The van der Waals surface area contributed by atoms with Crippen molar-refractivity contribution >= 4 is 50.0 Å². The fourth-order valence-electron chi connectivity index (χ4n) is 1.93. The van der Waals surface area contributed by atoms with Crippen LogP contribution in [0.25, 0.3) is 0 Å². The molecule has 2 heteroatoms. The van der Waals surface area contributed by atoms with Gasteiger partial charge >= 0.3 is 126 Å². The molecule has 0 spiro atoms. The van der Waals surface area contributed by atoms with Gasteiger partial charge in [-0.2, -0.15) is 0 Å². The second-order valence-corrected chi connectivity index (χ2v) is 19.1. The zero-order valence-electron chi connectivity index (χ0n) is 9.98. The predicted molar refractivity (Wildman–Crippen MR) is 81.9 cm³/mol. The van der Waals surface area contributed by atoms with Crippen molar-refractivity contribution in [2.45, 2.75) is 0 Å². The Morgan fingerprint density at radius 2 is 0.778 bits per heavy atom. The maximum atomic E-state index is 2.59. The molecule has 88 valence electrons. The van der Waals surface area contributed by atoms with Crippen LogP contribution in [0, 0.1) is 0 Å². The molecule has 0 atom stereocenters. The second-order valence-electron chi connectivity index (χ2n) is 4.08. The summed E-state index contributed by atoms with van der Waals surface area (Å²) in [7, 11) is 0. The van der Waals surface area contributed by atoms with Crippen LogP contribution < -0.4 is 6.54 Å². The first-order valence-electron chi connectivity index (χ1n) is 5.97. The summed E-state index contributed by atoms with van der Waals surface area (Å²) in [6.07, 6.45) is 0. The molecule has 0 N–H and O–H groups in total. The van der Waals surface area contributed by atoms with Crippen LogP contribution in [0.2, 0.25) is 0 Å². The van der Waals surface area contributed by atoms with Gasteiger partial charge in [0, 0.05) is 0 Å². The summed E-state index contributed by atoms with van der Waals surface area (Å²) in [5, 5.41) is 0. The van der Waals surface area contributed by atoms with E-state index in [4.69, 9.17) is 0 Å². The quantitative estimate of drug-likeness (QED) is 0.450. The summed E-state index contributed by atoms with van der Waals surface area (Å²) in [6, 6.07) is 22.1. The van der Waals surface area contributed by atoms with E-state index in [1.165, 1.54) is 0 Å². The molecule has 0 aliphatic carbocycles. The third kappa shape index (κ3) is 2.98. The van der Waals surface area contributed by atoms with Gasteiger partial charge in [0.2, 0.25) is 0 Å². The molecule has 0 bridgehead atoms. The van der Waals surface area contributed by atoms with Gasteiger partial charge in [0.15, 0.2) is 0 Å². The summed E-state index contributed by atoms with van der Waals surface area (Å²) >= 11 is -3.25. The Labute approximate surface area is 124 Å². The summed E-state index contributed by atoms with van der Waals surface area (Å²) in [6.45, 7) is 0. The van der Waals surface area contributed by atoms with Crippen molar-refractivity contribution < 1.29 is 0 Å². The van der Waals surface area contributed by atoms with E-state index in [-0.39, 0.29) is 0 Å². The third-order valence-corrected chi connectivity index (χ3v) is 25.0. The zero-order valence-corrected chi connectivity index (χ0v) is 16.9. The third-order valence-electron chi connectivity index (χ3n) is 2.88. The average Bonchev–Trinajstić information content (AvgIpc) is 2.49. The molecule has 1 aliphatic rings. The molecule has 0 amide bonds. The molecule has 0 saturated carbocycles. The maximum absolute atomic E-state index is 2.59. The summed E-state index contributed by atoms with van der Waals surface area (Å²) in [5.41, 5.74) is 0. The number of rotatable bonds is 2. The number of hydrogen-bond donors (Lipinski definition) is 0. The standard InChI is InChI=1S/2C6H5.2C2H2.2Bi/c2*1-2-4-6-5-3-1;2*1-2;;/h2*1-5H;2*1-2H;;. The fourth-order valence-corrected chi connectivity index (χ4v) is 31.2. The van der Waals surface area contributed by atoms with Crippen LogP contribution in [-0.2, 0) is 0 Å². The van der Waals surface area contributed by atoms with E-state index >= 15 is 0 Å². The molecular formula is C16H14Bi2. The van der Waals surface area contributed by atoms with Crippen LogP contribution in [0.1, 0.15) is 0 Å². The van der Waals surface area contributed by atoms with Gasteiger partial charge in [-0.25, -0.2) is 0 Å². The Morgan fingerprint density at radius 3 is 1.11 bits per heavy atom. The van der Waals surface area contributed by atoms with Gasteiger partial charge < -0.3 is 0 Å². The van der Waals surface area contributed by atoms with Gasteiger partial charge in [-0.3, -0.25) is 0 Å². The van der Waals surface area contributed by atoms with Gasteiger partial charge in [-0.1, -0.05) is 0 Å². The van der Waals surface area contributed by atoms with Crippen molar-refractivity contribution in [3.05, 3.63) is 75.8 Å². The van der Waals surface area contributed by atoms with Gasteiger partial charge in [0.05, 0.1) is 0 Å². The zero-order chi connectivity index (χ0) is 12.2. The van der Waals surface area contributed by atoms with Crippen molar-refractivity contribution in [3.63, 3.8) is 0 Å². The van der Waals surface area contributed by atoms with E-state index in [2.05, 4.69) is 75.8 Å². The van der Waals surface area contributed by atoms with Crippen molar-refractivity contribution in [2.75, 3.05) is 0 Å². The monoisotopic (exact) mass is 624 g/mol. The van der Waals surface area contributed by atoms with Crippen molar-refractivity contribution in [3.8, 4) is 0 Å². The SMILES string of the molecule is [CH]1=[CH][Bi]([c]2ccccc2)[CH]=[CH][Bi]1[c]1ccccc1. The molecule has 3 rings (SSSR count). The number of benzene rings is 2. The number of hydrogen-bond acceptors (Lipinski definition) is 0. The Balaban J connectivity index is 1.79. The van der Waals surface area contributed by atoms with Crippen LogP contribution in [0.5, 0.6) is 0 Å². The molecular weight excluding hydrogens is 610 g/mol. The minimum atomic E-state index is -1.62. The Bertz CT molecular complexity index is 493. The van der Waals surface area contributed by atoms with E-state index in [0.29, 0.717) is 0 Å². The summed E-state index contributed by atoms with van der Waals surface area (Å²) in [4.78, 5) is 0. The summed E-state index contributed by atoms with van der Waals surface area (Å²) < 4.78 is 13.6. The van der Waals surface area contributed by atoms with E-state index in [9.17, 15) is 0 Å². The molecule has 0 aromatic heterocycles. The fraction of sp³-hybridized carbons (Fsp3) is 0. The van der Waals surface area contributed by atoms with E-state index in [0.717, 1.165) is 0 Å². The summed E-state index contributed by atoms with van der Waals surface area (Å²) in [5.74, 6) is 0. The molecule has 0 fully saturated rings. The molecule has 2 aromatic rings. The van der Waals surface area contributed by atoms with Gasteiger partial charge in [0.25, 0.3) is 0 Å². The minimum absolute atomic E-state index is 1.59. The van der Waals surface area contributed by atoms with Gasteiger partial charge in [-0.15, -0.1) is 0 Å². The van der Waals surface area contributed by atoms with E-state index in [1.54, 1.807) is 6.54 Å². The van der Waals surface area contributed by atoms with Crippen molar-refractivity contribution in [2.24, 2.45) is 0 Å². The molecule has 2 aromatic carbocycles. The van der Waals surface area contributed by atoms with Crippen LogP contribution in [0.15, 0.2) is 75.8 Å². The van der Waals surface area contributed by atoms with Crippen LogP contribution in [0.3, 0.4) is 0 Å².